The van der Waals surface area contributed by atoms with Gasteiger partial charge in [0.1, 0.15) is 0 Å². The first-order chi connectivity index (χ1) is 15.9. The largest absolute Gasteiger partial charge is 0.286 e. The summed E-state index contributed by atoms with van der Waals surface area (Å²) >= 11 is 16.2. The summed E-state index contributed by atoms with van der Waals surface area (Å²) in [6.07, 6.45) is 3.67. The molecule has 0 atom stereocenters. The van der Waals surface area contributed by atoms with E-state index in [1.165, 1.54) is 0 Å². The van der Waals surface area contributed by atoms with E-state index in [2.05, 4.69) is 35.2 Å². The van der Waals surface area contributed by atoms with Gasteiger partial charge in [-0.1, -0.05) is 78.5 Å². The van der Waals surface area contributed by atoms with Crippen LogP contribution < -0.4 is 5.43 Å². The first-order valence-electron chi connectivity index (χ1n) is 11.3. The molecule has 0 aliphatic rings. The van der Waals surface area contributed by atoms with Crippen LogP contribution in [0.3, 0.4) is 0 Å². The fourth-order valence-corrected chi connectivity index (χ4v) is 4.49. The van der Waals surface area contributed by atoms with E-state index in [1.807, 2.05) is 42.3 Å². The number of hydrogen-bond acceptors (Lipinski definition) is 3. The molecule has 1 heterocycles. The Hall–Kier alpha value is -1.86. The number of hydrogen-bond donors (Lipinski definition) is 1. The molecule has 0 fully saturated rings. The highest BCUT2D eigenvalue weighted by Gasteiger charge is 2.25. The maximum atomic E-state index is 13.4. The third-order valence-electron chi connectivity index (χ3n) is 5.34. The number of halogens is 3. The van der Waals surface area contributed by atoms with Crippen LogP contribution in [0.25, 0.3) is 16.9 Å². The van der Waals surface area contributed by atoms with Crippen LogP contribution in [0.15, 0.2) is 46.9 Å². The van der Waals surface area contributed by atoms with Gasteiger partial charge in [0.15, 0.2) is 5.69 Å². The van der Waals surface area contributed by atoms with Gasteiger partial charge in [0.2, 0.25) is 0 Å². The van der Waals surface area contributed by atoms with Crippen LogP contribution >= 0.6 is 39.1 Å². The number of nitrogens with zero attached hydrogens (tertiary/aromatic N) is 3. The van der Waals surface area contributed by atoms with Crippen LogP contribution in [0.2, 0.25) is 10.0 Å². The van der Waals surface area contributed by atoms with Gasteiger partial charge >= 0.3 is 0 Å². The van der Waals surface area contributed by atoms with Crippen LogP contribution in [-0.2, 0) is 6.42 Å². The highest BCUT2D eigenvalue weighted by molar-refractivity contribution is 9.10. The summed E-state index contributed by atoms with van der Waals surface area (Å²) in [6.45, 7) is 7.87. The minimum Gasteiger partial charge on any atom is -0.283 e. The summed E-state index contributed by atoms with van der Waals surface area (Å²) in [6, 6.07) is 13.2. The van der Waals surface area contributed by atoms with Crippen LogP contribution in [-0.4, -0.2) is 33.8 Å². The Labute approximate surface area is 214 Å². The predicted molar refractivity (Wildman–Crippen MR) is 140 cm³/mol. The second kappa shape index (κ2) is 12.0. The summed E-state index contributed by atoms with van der Waals surface area (Å²) in [5.74, 6) is -0.210. The molecule has 0 spiro atoms. The average Bonchev–Trinajstić information content (AvgIpc) is 3.17. The number of rotatable bonds is 10. The Kier molecular flexibility index (Phi) is 9.38. The standard InChI is InChI=1S/C25H29BrCl2N4O/c1-4-7-15-31(14-5-2)30-25(33)23-20(6-3)24(17-8-10-18(26)11-9-17)32(29-23)22-13-12-19(27)16-21(22)28/h8-13,16H,4-7,14-15H2,1-3H3,(H,30,33). The lowest BCUT2D eigenvalue weighted by atomic mass is 10.0. The zero-order valence-electron chi connectivity index (χ0n) is 19.2. The zero-order chi connectivity index (χ0) is 24.0. The molecule has 8 heteroatoms. The molecule has 176 valence electrons. The van der Waals surface area contributed by atoms with Gasteiger partial charge in [-0.05, 0) is 49.6 Å². The summed E-state index contributed by atoms with van der Waals surface area (Å²) in [5, 5.41) is 7.77. The smallest absolute Gasteiger partial charge is 0.283 e. The topological polar surface area (TPSA) is 50.2 Å². The van der Waals surface area contributed by atoms with Crippen molar-refractivity contribution in [1.82, 2.24) is 20.2 Å². The number of hydrazine groups is 1. The fourth-order valence-electron chi connectivity index (χ4n) is 3.74. The monoisotopic (exact) mass is 550 g/mol. The van der Waals surface area contributed by atoms with Crippen LogP contribution in [0.4, 0.5) is 0 Å². The Morgan fingerprint density at radius 1 is 1.06 bits per heavy atom. The molecule has 0 bridgehead atoms. The van der Waals surface area contributed by atoms with E-state index in [-0.39, 0.29) is 5.91 Å². The molecule has 2 aromatic carbocycles. The second-order valence-electron chi connectivity index (χ2n) is 7.83. The van der Waals surface area contributed by atoms with Crippen molar-refractivity contribution in [3.8, 4) is 16.9 Å². The van der Waals surface area contributed by atoms with Gasteiger partial charge in [-0.15, -0.1) is 0 Å². The molecule has 1 amide bonds. The molecule has 5 nitrogen and oxygen atoms in total. The lowest BCUT2D eigenvalue weighted by molar-refractivity contribution is 0.0778. The third-order valence-corrected chi connectivity index (χ3v) is 6.41. The molecule has 0 aliphatic carbocycles. The number of amides is 1. The summed E-state index contributed by atoms with van der Waals surface area (Å²) in [7, 11) is 0. The fraction of sp³-hybridized carbons (Fsp3) is 0.360. The molecule has 0 saturated heterocycles. The molecule has 0 radical (unpaired) electrons. The molecular formula is C25H29BrCl2N4O. The summed E-state index contributed by atoms with van der Waals surface area (Å²) in [4.78, 5) is 13.4. The SMILES string of the molecule is CCCCN(CCC)NC(=O)c1nn(-c2ccc(Cl)cc2Cl)c(-c2ccc(Br)cc2)c1CC. The first-order valence-corrected chi connectivity index (χ1v) is 12.8. The van der Waals surface area contributed by atoms with E-state index in [0.29, 0.717) is 27.8 Å². The molecule has 0 unspecified atom stereocenters. The Balaban J connectivity index is 2.13. The maximum absolute atomic E-state index is 13.4. The molecule has 3 rings (SSSR count). The van der Waals surface area contributed by atoms with E-state index in [0.717, 1.165) is 53.6 Å². The van der Waals surface area contributed by atoms with E-state index in [1.54, 1.807) is 16.8 Å². The minimum atomic E-state index is -0.210. The normalized spacial score (nSPS) is 11.2. The third kappa shape index (κ3) is 6.18. The molecule has 0 saturated carbocycles. The number of nitrogens with one attached hydrogen (secondary N) is 1. The van der Waals surface area contributed by atoms with Crippen molar-refractivity contribution in [3.05, 3.63) is 68.2 Å². The van der Waals surface area contributed by atoms with Gasteiger partial charge in [-0.25, -0.2) is 9.69 Å². The van der Waals surface area contributed by atoms with Crippen LogP contribution in [0.5, 0.6) is 0 Å². The highest BCUT2D eigenvalue weighted by Crippen LogP contribution is 2.34. The van der Waals surface area contributed by atoms with Crippen molar-refractivity contribution in [2.24, 2.45) is 0 Å². The van der Waals surface area contributed by atoms with Crippen molar-refractivity contribution in [3.63, 3.8) is 0 Å². The Morgan fingerprint density at radius 3 is 2.39 bits per heavy atom. The van der Waals surface area contributed by atoms with E-state index >= 15 is 0 Å². The predicted octanol–water partition coefficient (Wildman–Crippen LogP) is 7.33. The van der Waals surface area contributed by atoms with Crippen LogP contribution in [0, 0.1) is 0 Å². The van der Waals surface area contributed by atoms with E-state index in [4.69, 9.17) is 28.3 Å². The molecular weight excluding hydrogens is 523 g/mol. The van der Waals surface area contributed by atoms with Gasteiger partial charge in [-0.2, -0.15) is 5.10 Å². The molecule has 1 N–H and O–H groups in total. The molecule has 1 aromatic heterocycles. The van der Waals surface area contributed by atoms with Gasteiger partial charge in [0.25, 0.3) is 5.91 Å². The zero-order valence-corrected chi connectivity index (χ0v) is 22.3. The summed E-state index contributed by atoms with van der Waals surface area (Å²) < 4.78 is 2.73. The van der Waals surface area contributed by atoms with Gasteiger partial charge in [-0.3, -0.25) is 10.2 Å². The lowest BCUT2D eigenvalue weighted by Gasteiger charge is -2.22. The van der Waals surface area contributed by atoms with Gasteiger partial charge in [0.05, 0.1) is 16.4 Å². The number of unbranched alkanes of at least 4 members (excludes halogenated alkanes) is 1. The maximum Gasteiger partial charge on any atom is 0.286 e. The van der Waals surface area contributed by atoms with Crippen molar-refractivity contribution >= 4 is 45.0 Å². The minimum absolute atomic E-state index is 0.210. The van der Waals surface area contributed by atoms with E-state index in [9.17, 15) is 4.79 Å². The number of aromatic nitrogens is 2. The van der Waals surface area contributed by atoms with Crippen molar-refractivity contribution in [2.45, 2.75) is 46.5 Å². The average molecular weight is 552 g/mol. The van der Waals surface area contributed by atoms with Gasteiger partial charge < -0.3 is 0 Å². The van der Waals surface area contributed by atoms with Crippen molar-refractivity contribution in [1.29, 1.82) is 0 Å². The number of benzene rings is 2. The molecule has 3 aromatic rings. The highest BCUT2D eigenvalue weighted by atomic mass is 79.9. The number of carbonyl (C=O) groups excluding carboxylic acids is 1. The van der Waals surface area contributed by atoms with Crippen molar-refractivity contribution < 1.29 is 4.79 Å². The van der Waals surface area contributed by atoms with E-state index < -0.39 is 0 Å². The second-order valence-corrected chi connectivity index (χ2v) is 9.58. The quantitative estimate of drug-likeness (QED) is 0.268. The Morgan fingerprint density at radius 2 is 1.79 bits per heavy atom. The van der Waals surface area contributed by atoms with Crippen LogP contribution in [0.1, 0.15) is 56.1 Å². The van der Waals surface area contributed by atoms with Gasteiger partial charge in [0, 0.05) is 33.7 Å². The lowest BCUT2D eigenvalue weighted by Crippen LogP contribution is -2.43. The van der Waals surface area contributed by atoms with Crippen molar-refractivity contribution in [2.75, 3.05) is 13.1 Å². The summed E-state index contributed by atoms with van der Waals surface area (Å²) in [5.41, 5.74) is 6.81. The molecule has 0 aliphatic heterocycles. The first kappa shape index (κ1) is 25.8. The Bertz CT molecular complexity index is 1100. The molecule has 33 heavy (non-hydrogen) atoms. The number of carbonyl (C=O) groups is 1.